The Morgan fingerprint density at radius 3 is 2.46 bits per heavy atom. The molecule has 2 aromatic rings. The molecule has 1 N–H and O–H groups in total. The second-order valence-electron chi connectivity index (χ2n) is 10.3. The molecule has 1 atom stereocenters. The summed E-state index contributed by atoms with van der Waals surface area (Å²) in [5.41, 5.74) is 2.55. The highest BCUT2D eigenvalue weighted by Crippen LogP contribution is 2.60. The fraction of sp³-hybridized carbons (Fsp3) is 0.483. The van der Waals surface area contributed by atoms with Crippen LogP contribution in [0, 0.1) is 11.3 Å². The summed E-state index contributed by atoms with van der Waals surface area (Å²) in [4.78, 5) is 20.2. The van der Waals surface area contributed by atoms with E-state index in [2.05, 4.69) is 51.1 Å². The average Bonchev–Trinajstić information content (AvgIpc) is 3.59. The van der Waals surface area contributed by atoms with E-state index in [0.29, 0.717) is 11.7 Å². The van der Waals surface area contributed by atoms with E-state index in [4.69, 9.17) is 4.74 Å². The zero-order chi connectivity index (χ0) is 24.3. The van der Waals surface area contributed by atoms with E-state index in [-0.39, 0.29) is 17.1 Å². The number of benzene rings is 2. The van der Waals surface area contributed by atoms with E-state index >= 15 is 0 Å². The lowest BCUT2D eigenvalue weighted by Crippen LogP contribution is -2.49. The number of phenols is 1. The molecular formula is C29H37N3O3. The standard InChI is InChI=1S/C29H37N3O3/c1-35-27-10-9-24(20-26(27)33)22-31-14-11-29(12-15-31)21-25(29)28(34)32-18-16-30(17-19-32)13-5-8-23-6-3-2-4-7-23/h2-10,20,25,33H,11-19,21-22H2,1H3/b8-5+/t25-/m1/s1. The Morgan fingerprint density at radius 1 is 1.03 bits per heavy atom. The molecule has 0 unspecified atom stereocenters. The molecule has 2 aromatic carbocycles. The predicted molar refractivity (Wildman–Crippen MR) is 138 cm³/mol. The lowest BCUT2D eigenvalue weighted by molar-refractivity contribution is -0.135. The molecule has 1 amide bonds. The first-order valence-electron chi connectivity index (χ1n) is 12.9. The van der Waals surface area contributed by atoms with Gasteiger partial charge in [0.2, 0.25) is 5.91 Å². The Balaban J connectivity index is 1.05. The highest BCUT2D eigenvalue weighted by Gasteiger charge is 2.59. The van der Waals surface area contributed by atoms with Crippen molar-refractivity contribution >= 4 is 12.0 Å². The number of aromatic hydroxyl groups is 1. The number of nitrogens with zero attached hydrogens (tertiary/aromatic N) is 3. The number of piperidine rings is 1. The van der Waals surface area contributed by atoms with Crippen LogP contribution in [0.1, 0.15) is 30.4 Å². The molecule has 2 aliphatic heterocycles. The van der Waals surface area contributed by atoms with Gasteiger partial charge in [0.05, 0.1) is 7.11 Å². The van der Waals surface area contributed by atoms with Crippen LogP contribution in [0.5, 0.6) is 11.5 Å². The van der Waals surface area contributed by atoms with Gasteiger partial charge in [0.1, 0.15) is 0 Å². The zero-order valence-corrected chi connectivity index (χ0v) is 20.7. The smallest absolute Gasteiger partial charge is 0.226 e. The number of hydrogen-bond acceptors (Lipinski definition) is 5. The van der Waals surface area contributed by atoms with E-state index in [1.807, 2.05) is 18.2 Å². The van der Waals surface area contributed by atoms with Crippen LogP contribution < -0.4 is 4.74 Å². The van der Waals surface area contributed by atoms with Crippen molar-refractivity contribution < 1.29 is 14.6 Å². The van der Waals surface area contributed by atoms with Crippen LogP contribution in [0.4, 0.5) is 0 Å². The molecule has 186 valence electrons. The largest absolute Gasteiger partial charge is 0.504 e. The number of ether oxygens (including phenoxy) is 1. The minimum absolute atomic E-state index is 0.193. The minimum atomic E-state index is 0.193. The van der Waals surface area contributed by atoms with Gasteiger partial charge in [-0.05, 0) is 61.0 Å². The van der Waals surface area contributed by atoms with Crippen molar-refractivity contribution in [2.75, 3.05) is 52.9 Å². The van der Waals surface area contributed by atoms with Crippen LogP contribution >= 0.6 is 0 Å². The van der Waals surface area contributed by atoms with Gasteiger partial charge in [-0.15, -0.1) is 0 Å². The van der Waals surface area contributed by atoms with Gasteiger partial charge in [-0.2, -0.15) is 0 Å². The Kier molecular flexibility index (Phi) is 7.12. The molecule has 1 spiro atoms. The molecule has 5 rings (SSSR count). The van der Waals surface area contributed by atoms with E-state index in [0.717, 1.165) is 77.2 Å². The van der Waals surface area contributed by atoms with Crippen LogP contribution in [-0.2, 0) is 11.3 Å². The Labute approximate surface area is 208 Å². The first-order valence-corrected chi connectivity index (χ1v) is 12.9. The molecule has 35 heavy (non-hydrogen) atoms. The number of methoxy groups -OCH3 is 1. The number of rotatable bonds is 7. The number of carbonyl (C=O) groups is 1. The van der Waals surface area contributed by atoms with Crippen LogP contribution in [0.3, 0.4) is 0 Å². The van der Waals surface area contributed by atoms with Crippen molar-refractivity contribution in [1.82, 2.24) is 14.7 Å². The third kappa shape index (κ3) is 5.54. The van der Waals surface area contributed by atoms with Crippen molar-refractivity contribution in [2.24, 2.45) is 11.3 Å². The Hall–Kier alpha value is -2.83. The summed E-state index contributed by atoms with van der Waals surface area (Å²) < 4.78 is 5.14. The van der Waals surface area contributed by atoms with Crippen LogP contribution in [0.15, 0.2) is 54.6 Å². The summed E-state index contributed by atoms with van der Waals surface area (Å²) in [6, 6.07) is 16.0. The van der Waals surface area contributed by atoms with Gasteiger partial charge in [-0.3, -0.25) is 14.6 Å². The normalized spacial score (nSPS) is 22.5. The molecule has 1 aliphatic carbocycles. The van der Waals surface area contributed by atoms with E-state index in [1.54, 1.807) is 13.2 Å². The Morgan fingerprint density at radius 2 is 1.77 bits per heavy atom. The van der Waals surface area contributed by atoms with Crippen molar-refractivity contribution in [3.05, 3.63) is 65.7 Å². The maximum absolute atomic E-state index is 13.3. The van der Waals surface area contributed by atoms with Crippen LogP contribution in [0.25, 0.3) is 6.08 Å². The molecule has 0 aromatic heterocycles. The third-order valence-corrected chi connectivity index (χ3v) is 8.15. The van der Waals surface area contributed by atoms with Crippen LogP contribution in [-0.4, -0.2) is 78.6 Å². The highest BCUT2D eigenvalue weighted by atomic mass is 16.5. The lowest BCUT2D eigenvalue weighted by atomic mass is 9.90. The van der Waals surface area contributed by atoms with Gasteiger partial charge >= 0.3 is 0 Å². The van der Waals surface area contributed by atoms with E-state index < -0.39 is 0 Å². The first kappa shape index (κ1) is 23.9. The number of hydrogen-bond donors (Lipinski definition) is 1. The van der Waals surface area contributed by atoms with Crippen molar-refractivity contribution in [3.8, 4) is 11.5 Å². The van der Waals surface area contributed by atoms with Gasteiger partial charge < -0.3 is 14.7 Å². The monoisotopic (exact) mass is 475 g/mol. The summed E-state index contributed by atoms with van der Waals surface area (Å²) in [5.74, 6) is 1.31. The third-order valence-electron chi connectivity index (χ3n) is 8.15. The summed E-state index contributed by atoms with van der Waals surface area (Å²) in [7, 11) is 1.57. The average molecular weight is 476 g/mol. The Bertz CT molecular complexity index is 1040. The highest BCUT2D eigenvalue weighted by molar-refractivity contribution is 5.83. The number of piperazine rings is 1. The SMILES string of the molecule is COc1ccc(CN2CCC3(CC2)C[C@@H]3C(=O)N2CCN(C/C=C/c3ccccc3)CC2)cc1O. The molecule has 1 saturated carbocycles. The number of phenolic OH excluding ortho intramolecular Hbond substituents is 1. The molecule has 6 heteroatoms. The number of likely N-dealkylation sites (tertiary alicyclic amines) is 1. The molecule has 3 aliphatic rings. The van der Waals surface area contributed by atoms with Gasteiger partial charge in [0.15, 0.2) is 11.5 Å². The molecular weight excluding hydrogens is 438 g/mol. The summed E-state index contributed by atoms with van der Waals surface area (Å²) in [6.45, 7) is 7.38. The molecule has 2 saturated heterocycles. The first-order chi connectivity index (χ1) is 17.1. The van der Waals surface area contributed by atoms with Crippen molar-refractivity contribution in [2.45, 2.75) is 25.8 Å². The van der Waals surface area contributed by atoms with Crippen LogP contribution in [0.2, 0.25) is 0 Å². The summed E-state index contributed by atoms with van der Waals surface area (Å²) >= 11 is 0. The predicted octanol–water partition coefficient (Wildman–Crippen LogP) is 3.86. The quantitative estimate of drug-likeness (QED) is 0.659. The van der Waals surface area contributed by atoms with Crippen molar-refractivity contribution in [1.29, 1.82) is 0 Å². The van der Waals surface area contributed by atoms with Gasteiger partial charge in [0, 0.05) is 45.2 Å². The lowest BCUT2D eigenvalue weighted by Gasteiger charge is -2.36. The maximum Gasteiger partial charge on any atom is 0.226 e. The second-order valence-corrected chi connectivity index (χ2v) is 10.3. The molecule has 2 heterocycles. The molecule has 0 bridgehead atoms. The number of amides is 1. The van der Waals surface area contributed by atoms with Crippen molar-refractivity contribution in [3.63, 3.8) is 0 Å². The minimum Gasteiger partial charge on any atom is -0.504 e. The summed E-state index contributed by atoms with van der Waals surface area (Å²) in [6.07, 6.45) is 7.65. The molecule has 3 fully saturated rings. The fourth-order valence-corrected chi connectivity index (χ4v) is 5.77. The molecule has 0 radical (unpaired) electrons. The second kappa shape index (κ2) is 10.4. The number of carbonyl (C=O) groups excluding carboxylic acids is 1. The van der Waals surface area contributed by atoms with E-state index in [1.165, 1.54) is 5.56 Å². The topological polar surface area (TPSA) is 56.2 Å². The van der Waals surface area contributed by atoms with Gasteiger partial charge in [-0.25, -0.2) is 0 Å². The van der Waals surface area contributed by atoms with Gasteiger partial charge in [-0.1, -0.05) is 48.6 Å². The zero-order valence-electron chi connectivity index (χ0n) is 20.7. The van der Waals surface area contributed by atoms with Gasteiger partial charge in [0.25, 0.3) is 0 Å². The molecule has 6 nitrogen and oxygen atoms in total. The van der Waals surface area contributed by atoms with E-state index in [9.17, 15) is 9.90 Å². The maximum atomic E-state index is 13.3. The summed E-state index contributed by atoms with van der Waals surface area (Å²) in [5, 5.41) is 10.0. The fourth-order valence-electron chi connectivity index (χ4n) is 5.77.